The van der Waals surface area contributed by atoms with Crippen LogP contribution in [0.1, 0.15) is 18.6 Å². The molecule has 1 N–H and O–H groups in total. The molecule has 0 saturated carbocycles. The summed E-state index contributed by atoms with van der Waals surface area (Å²) in [6.07, 6.45) is 8.14. The molecular formula is C19H22N2O3. The topological polar surface area (TPSA) is 54.7 Å². The molecule has 0 unspecified atom stereocenters. The van der Waals surface area contributed by atoms with Crippen LogP contribution in [0.25, 0.3) is 11.0 Å². The number of ether oxygens (including phenoxy) is 1. The van der Waals surface area contributed by atoms with Crippen LogP contribution in [-0.2, 0) is 11.2 Å². The number of amides is 2. The number of carbonyl (C=O) groups excluding carboxylic acids is 1. The molecule has 0 bridgehead atoms. The summed E-state index contributed by atoms with van der Waals surface area (Å²) < 4.78 is 11.3. The van der Waals surface area contributed by atoms with Gasteiger partial charge in [0.25, 0.3) is 0 Å². The van der Waals surface area contributed by atoms with E-state index in [9.17, 15) is 4.79 Å². The first-order chi connectivity index (χ1) is 11.8. The third kappa shape index (κ3) is 4.09. The highest BCUT2D eigenvalue weighted by Gasteiger charge is 2.21. The number of nitrogens with zero attached hydrogens (tertiary/aromatic N) is 1. The Hall–Kier alpha value is -2.45. The molecule has 24 heavy (non-hydrogen) atoms. The molecule has 1 fully saturated rings. The fraction of sp³-hybridized carbons (Fsp3) is 0.421. The van der Waals surface area contributed by atoms with Gasteiger partial charge in [-0.15, -0.1) is 6.42 Å². The van der Waals surface area contributed by atoms with Gasteiger partial charge in [-0.3, -0.25) is 0 Å². The van der Waals surface area contributed by atoms with E-state index in [0.717, 1.165) is 36.2 Å². The van der Waals surface area contributed by atoms with E-state index in [1.807, 2.05) is 30.3 Å². The van der Waals surface area contributed by atoms with Gasteiger partial charge in [0.1, 0.15) is 11.3 Å². The number of hydrogen-bond acceptors (Lipinski definition) is 3. The summed E-state index contributed by atoms with van der Waals surface area (Å²) in [4.78, 5) is 13.9. The maximum Gasteiger partial charge on any atom is 0.318 e. The van der Waals surface area contributed by atoms with E-state index in [1.165, 1.54) is 0 Å². The second-order valence-corrected chi connectivity index (χ2v) is 5.95. The summed E-state index contributed by atoms with van der Waals surface area (Å²) >= 11 is 0. The van der Waals surface area contributed by atoms with Gasteiger partial charge in [-0.2, -0.15) is 0 Å². The third-order valence-corrected chi connectivity index (χ3v) is 4.14. The van der Waals surface area contributed by atoms with Crippen LogP contribution in [-0.4, -0.2) is 43.3 Å². The van der Waals surface area contributed by atoms with E-state index in [2.05, 4.69) is 11.2 Å². The molecule has 1 aliphatic heterocycles. The Morgan fingerprint density at radius 2 is 2.29 bits per heavy atom. The Kier molecular flexibility index (Phi) is 5.39. The van der Waals surface area contributed by atoms with Crippen LogP contribution >= 0.6 is 0 Å². The lowest BCUT2D eigenvalue weighted by Crippen LogP contribution is -2.44. The van der Waals surface area contributed by atoms with E-state index in [-0.39, 0.29) is 18.7 Å². The van der Waals surface area contributed by atoms with Crippen molar-refractivity contribution in [1.29, 1.82) is 0 Å². The number of furan rings is 1. The van der Waals surface area contributed by atoms with Crippen LogP contribution in [0.15, 0.2) is 34.7 Å². The molecule has 2 heterocycles. The maximum atomic E-state index is 12.3. The summed E-state index contributed by atoms with van der Waals surface area (Å²) in [5.41, 5.74) is 0.867. The van der Waals surface area contributed by atoms with Gasteiger partial charge >= 0.3 is 6.03 Å². The summed E-state index contributed by atoms with van der Waals surface area (Å²) in [7, 11) is 0. The van der Waals surface area contributed by atoms with Crippen molar-refractivity contribution in [2.24, 2.45) is 0 Å². The average Bonchev–Trinajstić information content (AvgIpc) is 3.23. The molecule has 0 aliphatic carbocycles. The highest BCUT2D eigenvalue weighted by Crippen LogP contribution is 2.18. The standard InChI is InChI=1S/C19H22N2O3/c1-2-11-21(14-17-7-5-12-23-17)19(22)20-10-9-16-13-15-6-3-4-8-18(15)24-16/h1,3-4,6,8,13,17H,5,7,9-12,14H2,(H,20,22)/t17-/m1/s1. The lowest BCUT2D eigenvalue weighted by atomic mass is 10.2. The Morgan fingerprint density at radius 3 is 3.04 bits per heavy atom. The van der Waals surface area contributed by atoms with Crippen molar-refractivity contribution < 1.29 is 13.9 Å². The zero-order chi connectivity index (χ0) is 16.8. The number of benzene rings is 1. The summed E-state index contributed by atoms with van der Waals surface area (Å²) in [6, 6.07) is 9.73. The normalized spacial score (nSPS) is 16.9. The SMILES string of the molecule is C#CCN(C[C@H]1CCCO1)C(=O)NCCc1cc2ccccc2o1. The predicted molar refractivity (Wildman–Crippen MR) is 92.7 cm³/mol. The Bertz CT molecular complexity index is 693. The Balaban J connectivity index is 1.50. The molecule has 5 nitrogen and oxygen atoms in total. The summed E-state index contributed by atoms with van der Waals surface area (Å²) in [5, 5.41) is 3.99. The van der Waals surface area contributed by atoms with Crippen molar-refractivity contribution in [1.82, 2.24) is 10.2 Å². The average molecular weight is 326 g/mol. The number of rotatable bonds is 6. The van der Waals surface area contributed by atoms with Gasteiger partial charge in [0, 0.05) is 31.5 Å². The minimum absolute atomic E-state index is 0.0967. The molecular weight excluding hydrogens is 304 g/mol. The van der Waals surface area contributed by atoms with Crippen LogP contribution in [0.4, 0.5) is 4.79 Å². The number of urea groups is 1. The third-order valence-electron chi connectivity index (χ3n) is 4.14. The minimum Gasteiger partial charge on any atom is -0.461 e. The highest BCUT2D eigenvalue weighted by atomic mass is 16.5. The molecule has 1 aromatic carbocycles. The van der Waals surface area contributed by atoms with E-state index >= 15 is 0 Å². The van der Waals surface area contributed by atoms with Gasteiger partial charge in [-0.05, 0) is 25.0 Å². The van der Waals surface area contributed by atoms with Crippen molar-refractivity contribution in [3.63, 3.8) is 0 Å². The van der Waals surface area contributed by atoms with Crippen molar-refractivity contribution in [3.05, 3.63) is 36.1 Å². The largest absolute Gasteiger partial charge is 0.461 e. The Morgan fingerprint density at radius 1 is 1.42 bits per heavy atom. The molecule has 1 atom stereocenters. The smallest absolute Gasteiger partial charge is 0.318 e. The Labute approximate surface area is 141 Å². The number of carbonyl (C=O) groups is 1. The maximum absolute atomic E-state index is 12.3. The molecule has 1 aromatic heterocycles. The fourth-order valence-corrected chi connectivity index (χ4v) is 2.93. The highest BCUT2D eigenvalue weighted by molar-refractivity contribution is 5.77. The lowest BCUT2D eigenvalue weighted by molar-refractivity contribution is 0.0846. The van der Waals surface area contributed by atoms with Crippen molar-refractivity contribution in [2.45, 2.75) is 25.4 Å². The van der Waals surface area contributed by atoms with Gasteiger partial charge in [0.15, 0.2) is 0 Å². The zero-order valence-electron chi connectivity index (χ0n) is 13.7. The minimum atomic E-state index is -0.153. The van der Waals surface area contributed by atoms with Gasteiger partial charge in [0.05, 0.1) is 12.6 Å². The van der Waals surface area contributed by atoms with Gasteiger partial charge in [-0.25, -0.2) is 4.79 Å². The van der Waals surface area contributed by atoms with E-state index in [0.29, 0.717) is 19.5 Å². The second-order valence-electron chi connectivity index (χ2n) is 5.95. The molecule has 2 aromatic rings. The molecule has 5 heteroatoms. The molecule has 3 rings (SSSR count). The van der Waals surface area contributed by atoms with Crippen LogP contribution < -0.4 is 5.32 Å². The van der Waals surface area contributed by atoms with Crippen LogP contribution in [0.5, 0.6) is 0 Å². The van der Waals surface area contributed by atoms with Gasteiger partial charge in [-0.1, -0.05) is 24.1 Å². The van der Waals surface area contributed by atoms with Gasteiger partial charge < -0.3 is 19.4 Å². The molecule has 0 radical (unpaired) electrons. The second kappa shape index (κ2) is 7.89. The first-order valence-electron chi connectivity index (χ1n) is 8.31. The lowest BCUT2D eigenvalue weighted by Gasteiger charge is -2.23. The predicted octanol–water partition coefficient (Wildman–Crippen LogP) is 2.80. The van der Waals surface area contributed by atoms with Crippen molar-refractivity contribution >= 4 is 17.0 Å². The molecule has 1 aliphatic rings. The summed E-state index contributed by atoms with van der Waals surface area (Å²) in [5.74, 6) is 3.40. The van der Waals surface area contributed by atoms with Crippen molar-refractivity contribution in [3.8, 4) is 12.3 Å². The van der Waals surface area contributed by atoms with Gasteiger partial charge in [0.2, 0.25) is 0 Å². The van der Waals surface area contributed by atoms with Crippen LogP contribution in [0.2, 0.25) is 0 Å². The number of hydrogen-bond donors (Lipinski definition) is 1. The monoisotopic (exact) mass is 326 g/mol. The molecule has 126 valence electrons. The first-order valence-corrected chi connectivity index (χ1v) is 8.31. The first kappa shape index (κ1) is 16.4. The zero-order valence-corrected chi connectivity index (χ0v) is 13.7. The molecule has 1 saturated heterocycles. The molecule has 0 spiro atoms. The number of para-hydroxylation sites is 1. The summed E-state index contributed by atoms with van der Waals surface area (Å²) in [6.45, 7) is 2.10. The number of nitrogens with one attached hydrogen (secondary N) is 1. The number of fused-ring (bicyclic) bond motifs is 1. The molecule has 2 amide bonds. The quantitative estimate of drug-likeness (QED) is 0.831. The van der Waals surface area contributed by atoms with Crippen LogP contribution in [0.3, 0.4) is 0 Å². The number of terminal acetylenes is 1. The van der Waals surface area contributed by atoms with E-state index in [1.54, 1.807) is 4.90 Å². The van der Waals surface area contributed by atoms with E-state index < -0.39 is 0 Å². The van der Waals surface area contributed by atoms with E-state index in [4.69, 9.17) is 15.6 Å². The van der Waals surface area contributed by atoms with Crippen molar-refractivity contribution in [2.75, 3.05) is 26.2 Å². The fourth-order valence-electron chi connectivity index (χ4n) is 2.93. The van der Waals surface area contributed by atoms with Crippen LogP contribution in [0, 0.1) is 12.3 Å².